The van der Waals surface area contributed by atoms with Crippen molar-refractivity contribution in [2.75, 3.05) is 37.3 Å². The normalized spacial score (nSPS) is 17.4. The Morgan fingerprint density at radius 3 is 2.56 bits per heavy atom. The lowest BCUT2D eigenvalue weighted by Gasteiger charge is -2.33. The second-order valence-corrected chi connectivity index (χ2v) is 5.98. The Bertz CT molecular complexity index is 572. The zero-order valence-electron chi connectivity index (χ0n) is 9.94. The van der Waals surface area contributed by atoms with Crippen molar-refractivity contribution in [2.45, 2.75) is 0 Å². The average Bonchev–Trinajstić information content (AvgIpc) is 2.38. The number of piperazine rings is 1. The number of nitriles is 1. The number of rotatable bonds is 2. The Kier molecular flexibility index (Phi) is 3.45. The highest BCUT2D eigenvalue weighted by molar-refractivity contribution is 7.88. The Balaban J connectivity index is 2.08. The summed E-state index contributed by atoms with van der Waals surface area (Å²) in [5, 5.41) is 8.73. The van der Waals surface area contributed by atoms with Gasteiger partial charge in [0, 0.05) is 32.4 Å². The van der Waals surface area contributed by atoms with Crippen LogP contribution in [0, 0.1) is 11.3 Å². The molecule has 0 radical (unpaired) electrons. The van der Waals surface area contributed by atoms with E-state index in [1.54, 1.807) is 6.07 Å². The molecule has 0 N–H and O–H groups in total. The first-order chi connectivity index (χ1) is 8.50. The molecule has 96 valence electrons. The van der Waals surface area contributed by atoms with Gasteiger partial charge in [0.1, 0.15) is 11.9 Å². The van der Waals surface area contributed by atoms with E-state index in [1.165, 1.54) is 16.8 Å². The second kappa shape index (κ2) is 4.88. The number of aromatic nitrogens is 2. The third kappa shape index (κ3) is 2.75. The summed E-state index contributed by atoms with van der Waals surface area (Å²) in [5.41, 5.74) is 0. The van der Waals surface area contributed by atoms with Crippen molar-refractivity contribution >= 4 is 15.8 Å². The summed E-state index contributed by atoms with van der Waals surface area (Å²) < 4.78 is 24.2. The molecule has 0 unspecified atom stereocenters. The number of hydrogen-bond donors (Lipinski definition) is 0. The van der Waals surface area contributed by atoms with E-state index in [9.17, 15) is 8.42 Å². The zero-order valence-corrected chi connectivity index (χ0v) is 10.8. The summed E-state index contributed by atoms with van der Waals surface area (Å²) in [6, 6.07) is 3.60. The predicted molar refractivity (Wildman–Crippen MR) is 65.4 cm³/mol. The molecule has 7 nitrogen and oxygen atoms in total. The molecule has 1 aromatic rings. The third-order valence-corrected chi connectivity index (χ3v) is 4.08. The van der Waals surface area contributed by atoms with Crippen molar-refractivity contribution in [3.8, 4) is 6.07 Å². The molecule has 1 aromatic heterocycles. The summed E-state index contributed by atoms with van der Waals surface area (Å²) in [5.74, 6) is 0.785. The standard InChI is InChI=1S/C10H13N5O2S/c1-18(16,17)15-6-4-14(5-7-15)10-2-3-12-9(8-11)13-10/h2-3H,4-7H2,1H3. The Hall–Kier alpha value is -1.72. The van der Waals surface area contributed by atoms with Gasteiger partial charge >= 0.3 is 0 Å². The van der Waals surface area contributed by atoms with Crippen LogP contribution >= 0.6 is 0 Å². The monoisotopic (exact) mass is 267 g/mol. The molecular formula is C10H13N5O2S. The number of anilines is 1. The van der Waals surface area contributed by atoms with Crippen molar-refractivity contribution < 1.29 is 8.42 Å². The van der Waals surface area contributed by atoms with Crippen LogP contribution in [0.1, 0.15) is 5.82 Å². The Morgan fingerprint density at radius 2 is 2.00 bits per heavy atom. The van der Waals surface area contributed by atoms with E-state index in [1.807, 2.05) is 11.0 Å². The molecule has 0 aromatic carbocycles. The number of nitrogens with zero attached hydrogens (tertiary/aromatic N) is 5. The molecule has 2 rings (SSSR count). The van der Waals surface area contributed by atoms with Crippen LogP contribution in [0.4, 0.5) is 5.82 Å². The van der Waals surface area contributed by atoms with Crippen molar-refractivity contribution in [3.63, 3.8) is 0 Å². The van der Waals surface area contributed by atoms with Crippen LogP contribution in [0.2, 0.25) is 0 Å². The Morgan fingerprint density at radius 1 is 1.33 bits per heavy atom. The third-order valence-electron chi connectivity index (χ3n) is 2.77. The quantitative estimate of drug-likeness (QED) is 0.712. The van der Waals surface area contributed by atoms with Gasteiger partial charge in [0.25, 0.3) is 0 Å². The van der Waals surface area contributed by atoms with E-state index in [0.29, 0.717) is 32.0 Å². The predicted octanol–water partition coefficient (Wildman–Crippen LogP) is -0.570. The van der Waals surface area contributed by atoms with Crippen molar-refractivity contribution in [1.82, 2.24) is 14.3 Å². The lowest BCUT2D eigenvalue weighted by molar-refractivity contribution is 0.387. The molecule has 2 heterocycles. The minimum atomic E-state index is -3.12. The van der Waals surface area contributed by atoms with E-state index >= 15 is 0 Å². The molecule has 0 saturated carbocycles. The number of hydrogen-bond acceptors (Lipinski definition) is 6. The maximum atomic E-state index is 11.4. The van der Waals surface area contributed by atoms with Gasteiger partial charge in [0.2, 0.25) is 15.8 Å². The van der Waals surface area contributed by atoms with E-state index in [-0.39, 0.29) is 5.82 Å². The van der Waals surface area contributed by atoms with E-state index in [2.05, 4.69) is 9.97 Å². The largest absolute Gasteiger partial charge is 0.354 e. The van der Waals surface area contributed by atoms with E-state index in [4.69, 9.17) is 5.26 Å². The second-order valence-electron chi connectivity index (χ2n) is 4.00. The molecule has 0 bridgehead atoms. The van der Waals surface area contributed by atoms with Crippen molar-refractivity contribution in [1.29, 1.82) is 5.26 Å². The molecule has 18 heavy (non-hydrogen) atoms. The first kappa shape index (κ1) is 12.7. The first-order valence-corrected chi connectivity index (χ1v) is 7.29. The number of sulfonamides is 1. The molecule has 1 aliphatic heterocycles. The highest BCUT2D eigenvalue weighted by Gasteiger charge is 2.24. The molecule has 0 spiro atoms. The lowest BCUT2D eigenvalue weighted by Crippen LogP contribution is -2.48. The van der Waals surface area contributed by atoms with Crippen LogP contribution in [0.5, 0.6) is 0 Å². The fourth-order valence-corrected chi connectivity index (χ4v) is 2.65. The molecule has 0 amide bonds. The van der Waals surface area contributed by atoms with E-state index in [0.717, 1.165) is 0 Å². The molecule has 8 heteroatoms. The summed E-state index contributed by atoms with van der Waals surface area (Å²) >= 11 is 0. The van der Waals surface area contributed by atoms with Gasteiger partial charge < -0.3 is 4.90 Å². The minimum Gasteiger partial charge on any atom is -0.354 e. The molecule has 0 aliphatic carbocycles. The van der Waals surface area contributed by atoms with Gasteiger partial charge in [0.15, 0.2) is 0 Å². The fourth-order valence-electron chi connectivity index (χ4n) is 1.83. The van der Waals surface area contributed by atoms with Crippen LogP contribution in [0.25, 0.3) is 0 Å². The van der Waals surface area contributed by atoms with Crippen LogP contribution in [-0.4, -0.2) is 55.1 Å². The first-order valence-electron chi connectivity index (χ1n) is 5.44. The zero-order chi connectivity index (χ0) is 13.2. The van der Waals surface area contributed by atoms with Gasteiger partial charge in [0.05, 0.1) is 6.26 Å². The fraction of sp³-hybridized carbons (Fsp3) is 0.500. The lowest BCUT2D eigenvalue weighted by atomic mass is 10.3. The van der Waals surface area contributed by atoms with Crippen LogP contribution in [-0.2, 0) is 10.0 Å². The van der Waals surface area contributed by atoms with Crippen molar-refractivity contribution in [3.05, 3.63) is 18.1 Å². The summed E-state index contributed by atoms with van der Waals surface area (Å²) in [6.07, 6.45) is 2.74. The van der Waals surface area contributed by atoms with Crippen LogP contribution < -0.4 is 4.90 Å². The van der Waals surface area contributed by atoms with Crippen LogP contribution in [0.15, 0.2) is 12.3 Å². The maximum Gasteiger partial charge on any atom is 0.234 e. The summed E-state index contributed by atoms with van der Waals surface area (Å²) in [6.45, 7) is 2.00. The maximum absolute atomic E-state index is 11.4. The molecule has 1 saturated heterocycles. The SMILES string of the molecule is CS(=O)(=O)N1CCN(c2ccnc(C#N)n2)CC1. The average molecular weight is 267 g/mol. The van der Waals surface area contributed by atoms with Gasteiger partial charge in [-0.15, -0.1) is 0 Å². The summed E-state index contributed by atoms with van der Waals surface area (Å²) in [4.78, 5) is 9.84. The smallest absolute Gasteiger partial charge is 0.234 e. The topological polar surface area (TPSA) is 90.2 Å². The molecule has 1 fully saturated rings. The van der Waals surface area contributed by atoms with E-state index < -0.39 is 10.0 Å². The molecule has 0 atom stereocenters. The Labute approximate surface area is 106 Å². The van der Waals surface area contributed by atoms with Crippen LogP contribution in [0.3, 0.4) is 0 Å². The van der Waals surface area contributed by atoms with Gasteiger partial charge in [-0.1, -0.05) is 0 Å². The minimum absolute atomic E-state index is 0.123. The molecule has 1 aliphatic rings. The van der Waals surface area contributed by atoms with Crippen molar-refractivity contribution in [2.24, 2.45) is 0 Å². The highest BCUT2D eigenvalue weighted by Crippen LogP contribution is 2.14. The highest BCUT2D eigenvalue weighted by atomic mass is 32.2. The summed E-state index contributed by atoms with van der Waals surface area (Å²) in [7, 11) is -3.12. The van der Waals surface area contributed by atoms with Gasteiger partial charge in [-0.3, -0.25) is 0 Å². The van der Waals surface area contributed by atoms with Gasteiger partial charge in [-0.2, -0.15) is 9.57 Å². The molecular weight excluding hydrogens is 254 g/mol. The van der Waals surface area contributed by atoms with Gasteiger partial charge in [-0.05, 0) is 6.07 Å². The van der Waals surface area contributed by atoms with Gasteiger partial charge in [-0.25, -0.2) is 18.4 Å².